The van der Waals surface area contributed by atoms with Crippen LogP contribution in [0.2, 0.25) is 0 Å². The molecule has 1 amide bonds. The summed E-state index contributed by atoms with van der Waals surface area (Å²) in [6.07, 6.45) is 0.848. The van der Waals surface area contributed by atoms with Gasteiger partial charge >= 0.3 is 6.09 Å². The van der Waals surface area contributed by atoms with Gasteiger partial charge in [-0.1, -0.05) is 6.07 Å². The van der Waals surface area contributed by atoms with E-state index in [-0.39, 0.29) is 0 Å². The van der Waals surface area contributed by atoms with E-state index in [4.69, 9.17) is 14.2 Å². The maximum Gasteiger partial charge on any atom is 0.428 e. The van der Waals surface area contributed by atoms with Crippen LogP contribution in [0.4, 0.5) is 4.79 Å². The monoisotopic (exact) mass is 280 g/mol. The lowest BCUT2D eigenvalue weighted by molar-refractivity contribution is 0.0529. The van der Waals surface area contributed by atoms with Crippen LogP contribution in [0, 0.1) is 0 Å². The number of rotatable bonds is 4. The summed E-state index contributed by atoms with van der Waals surface area (Å²) in [6, 6.07) is 5.37. The standard InChI is InChI=1S/C14H20N2O4/c1-14(2,3)20-13(17)16-15-9-10-7-6-8-11(18-4)12(10)19-5/h6-9H,1-5H3,(H,16,17)/b15-9+. The average molecular weight is 280 g/mol. The number of para-hydroxylation sites is 1. The van der Waals surface area contributed by atoms with Crippen LogP contribution in [0.3, 0.4) is 0 Å². The first kappa shape index (κ1) is 15.8. The van der Waals surface area contributed by atoms with Gasteiger partial charge in [-0.25, -0.2) is 10.2 Å². The lowest BCUT2D eigenvalue weighted by Gasteiger charge is -2.18. The second-order valence-electron chi connectivity index (χ2n) is 4.95. The van der Waals surface area contributed by atoms with E-state index < -0.39 is 11.7 Å². The lowest BCUT2D eigenvalue weighted by atomic mass is 10.2. The van der Waals surface area contributed by atoms with Crippen LogP contribution >= 0.6 is 0 Å². The largest absolute Gasteiger partial charge is 0.493 e. The van der Waals surface area contributed by atoms with E-state index in [2.05, 4.69) is 10.5 Å². The van der Waals surface area contributed by atoms with Gasteiger partial charge in [0, 0.05) is 5.56 Å². The van der Waals surface area contributed by atoms with Crippen LogP contribution in [-0.2, 0) is 4.74 Å². The zero-order chi connectivity index (χ0) is 15.2. The van der Waals surface area contributed by atoms with Crippen LogP contribution in [0.5, 0.6) is 11.5 Å². The predicted octanol–water partition coefficient (Wildman–Crippen LogP) is 2.56. The van der Waals surface area contributed by atoms with E-state index in [0.29, 0.717) is 17.1 Å². The SMILES string of the molecule is COc1cccc(/C=N/NC(=O)OC(C)(C)C)c1OC. The number of hydrogen-bond acceptors (Lipinski definition) is 5. The maximum absolute atomic E-state index is 11.4. The minimum atomic E-state index is -0.615. The minimum Gasteiger partial charge on any atom is -0.493 e. The molecule has 6 nitrogen and oxygen atoms in total. The molecule has 0 aliphatic carbocycles. The first-order valence-corrected chi connectivity index (χ1v) is 6.10. The molecule has 0 spiro atoms. The van der Waals surface area contributed by atoms with Crippen LogP contribution < -0.4 is 14.9 Å². The van der Waals surface area contributed by atoms with Gasteiger partial charge in [-0.2, -0.15) is 5.10 Å². The topological polar surface area (TPSA) is 69.2 Å². The van der Waals surface area contributed by atoms with Crippen molar-refractivity contribution in [2.45, 2.75) is 26.4 Å². The molecular weight excluding hydrogens is 260 g/mol. The molecule has 0 heterocycles. The molecule has 0 aromatic heterocycles. The summed E-state index contributed by atoms with van der Waals surface area (Å²) in [6.45, 7) is 5.34. The van der Waals surface area contributed by atoms with Gasteiger partial charge in [-0.05, 0) is 32.9 Å². The average Bonchev–Trinajstić information content (AvgIpc) is 2.36. The molecular formula is C14H20N2O4. The van der Waals surface area contributed by atoms with Gasteiger partial charge in [-0.15, -0.1) is 0 Å². The number of nitrogens with zero attached hydrogens (tertiary/aromatic N) is 1. The Morgan fingerprint density at radius 1 is 1.25 bits per heavy atom. The highest BCUT2D eigenvalue weighted by Crippen LogP contribution is 2.29. The van der Waals surface area contributed by atoms with Crippen LogP contribution in [0.15, 0.2) is 23.3 Å². The fraction of sp³-hybridized carbons (Fsp3) is 0.429. The first-order chi connectivity index (χ1) is 9.37. The second kappa shape index (κ2) is 6.79. The molecule has 1 rings (SSSR count). The fourth-order valence-electron chi connectivity index (χ4n) is 1.47. The quantitative estimate of drug-likeness (QED) is 0.679. The molecule has 1 aromatic carbocycles. The van der Waals surface area contributed by atoms with Gasteiger partial charge < -0.3 is 14.2 Å². The van der Waals surface area contributed by atoms with Crippen molar-refractivity contribution < 1.29 is 19.0 Å². The molecule has 0 aliphatic heterocycles. The minimum absolute atomic E-state index is 0.546. The molecule has 0 aliphatic rings. The number of benzene rings is 1. The molecule has 0 bridgehead atoms. The summed E-state index contributed by atoms with van der Waals surface area (Å²) in [5.74, 6) is 1.14. The van der Waals surface area contributed by atoms with E-state index in [1.54, 1.807) is 46.1 Å². The van der Waals surface area contributed by atoms with Crippen molar-refractivity contribution in [1.82, 2.24) is 5.43 Å². The Morgan fingerprint density at radius 3 is 2.50 bits per heavy atom. The number of hydrazone groups is 1. The third-order valence-corrected chi connectivity index (χ3v) is 2.19. The highest BCUT2D eigenvalue weighted by Gasteiger charge is 2.15. The Bertz CT molecular complexity index is 492. The van der Waals surface area contributed by atoms with Gasteiger partial charge in [0.15, 0.2) is 11.5 Å². The number of amides is 1. The summed E-state index contributed by atoms with van der Waals surface area (Å²) < 4.78 is 15.5. The summed E-state index contributed by atoms with van der Waals surface area (Å²) in [5.41, 5.74) is 2.41. The Kier molecular flexibility index (Phi) is 5.37. The van der Waals surface area contributed by atoms with Crippen molar-refractivity contribution in [2.75, 3.05) is 14.2 Å². The third kappa shape index (κ3) is 4.79. The molecule has 0 fully saturated rings. The first-order valence-electron chi connectivity index (χ1n) is 6.10. The molecule has 6 heteroatoms. The third-order valence-electron chi connectivity index (χ3n) is 2.19. The number of carbonyl (C=O) groups excluding carboxylic acids is 1. The van der Waals surface area contributed by atoms with Crippen molar-refractivity contribution >= 4 is 12.3 Å². The van der Waals surface area contributed by atoms with Gasteiger partial charge in [0.2, 0.25) is 0 Å². The van der Waals surface area contributed by atoms with Crippen molar-refractivity contribution in [3.63, 3.8) is 0 Å². The van der Waals surface area contributed by atoms with E-state index in [1.807, 2.05) is 0 Å². The van der Waals surface area contributed by atoms with Crippen LogP contribution in [-0.4, -0.2) is 32.1 Å². The van der Waals surface area contributed by atoms with Crippen molar-refractivity contribution in [1.29, 1.82) is 0 Å². The fourth-order valence-corrected chi connectivity index (χ4v) is 1.47. The maximum atomic E-state index is 11.4. The van der Waals surface area contributed by atoms with E-state index in [9.17, 15) is 4.79 Å². The van der Waals surface area contributed by atoms with Crippen molar-refractivity contribution in [3.8, 4) is 11.5 Å². The van der Waals surface area contributed by atoms with E-state index in [1.165, 1.54) is 13.3 Å². The number of ether oxygens (including phenoxy) is 3. The molecule has 20 heavy (non-hydrogen) atoms. The molecule has 110 valence electrons. The van der Waals surface area contributed by atoms with Crippen LogP contribution in [0.1, 0.15) is 26.3 Å². The van der Waals surface area contributed by atoms with Gasteiger partial charge in [-0.3, -0.25) is 0 Å². The highest BCUT2D eigenvalue weighted by atomic mass is 16.6. The summed E-state index contributed by atoms with van der Waals surface area (Å²) in [5, 5.41) is 3.82. The Hall–Kier alpha value is -2.24. The van der Waals surface area contributed by atoms with E-state index >= 15 is 0 Å². The molecule has 0 radical (unpaired) electrons. The summed E-state index contributed by atoms with van der Waals surface area (Å²) >= 11 is 0. The molecule has 0 saturated heterocycles. The van der Waals surface area contributed by atoms with E-state index in [0.717, 1.165) is 0 Å². The second-order valence-corrected chi connectivity index (χ2v) is 4.95. The summed E-state index contributed by atoms with van der Waals surface area (Å²) in [4.78, 5) is 11.4. The lowest BCUT2D eigenvalue weighted by Crippen LogP contribution is -2.29. The molecule has 1 N–H and O–H groups in total. The molecule has 0 unspecified atom stereocenters. The zero-order valence-corrected chi connectivity index (χ0v) is 12.4. The number of hydrogen-bond donors (Lipinski definition) is 1. The molecule has 1 aromatic rings. The van der Waals surface area contributed by atoms with Gasteiger partial charge in [0.05, 0.1) is 20.4 Å². The molecule has 0 saturated carbocycles. The smallest absolute Gasteiger partial charge is 0.428 e. The normalized spacial score (nSPS) is 11.2. The highest BCUT2D eigenvalue weighted by molar-refractivity contribution is 5.85. The molecule has 0 atom stereocenters. The van der Waals surface area contributed by atoms with Gasteiger partial charge in [0.1, 0.15) is 5.60 Å². The zero-order valence-electron chi connectivity index (χ0n) is 12.4. The predicted molar refractivity (Wildman–Crippen MR) is 76.5 cm³/mol. The van der Waals surface area contributed by atoms with Crippen molar-refractivity contribution in [2.24, 2.45) is 5.10 Å². The number of carbonyl (C=O) groups is 1. The Morgan fingerprint density at radius 2 is 1.95 bits per heavy atom. The van der Waals surface area contributed by atoms with Crippen LogP contribution in [0.25, 0.3) is 0 Å². The summed E-state index contributed by atoms with van der Waals surface area (Å²) in [7, 11) is 3.09. The van der Waals surface area contributed by atoms with Crippen molar-refractivity contribution in [3.05, 3.63) is 23.8 Å². The number of methoxy groups -OCH3 is 2. The van der Waals surface area contributed by atoms with Gasteiger partial charge in [0.25, 0.3) is 0 Å². The number of nitrogens with one attached hydrogen (secondary N) is 1. The Labute approximate surface area is 118 Å². The Balaban J connectivity index is 2.74.